The summed E-state index contributed by atoms with van der Waals surface area (Å²) in [5, 5.41) is 0. The first-order chi connectivity index (χ1) is 11.7. The molecule has 0 unspecified atom stereocenters. The van der Waals surface area contributed by atoms with Gasteiger partial charge >= 0.3 is 0 Å². The van der Waals surface area contributed by atoms with Gasteiger partial charge in [-0.05, 0) is 50.2 Å². The molecule has 0 N–H and O–H groups in total. The quantitative estimate of drug-likeness (QED) is 0.854. The molecule has 4 rings (SSSR count). The molecule has 0 radical (unpaired) electrons. The number of likely N-dealkylation sites (tertiary alicyclic amines) is 2. The van der Waals surface area contributed by atoms with Crippen LogP contribution in [0.3, 0.4) is 0 Å². The molecule has 5 nitrogen and oxygen atoms in total. The minimum Gasteiger partial charge on any atom is -0.468 e. The second-order valence-electron chi connectivity index (χ2n) is 7.71. The normalized spacial score (nSPS) is 34.3. The molecule has 1 amide bonds. The summed E-state index contributed by atoms with van der Waals surface area (Å²) in [5.41, 5.74) is -0.0975. The van der Waals surface area contributed by atoms with Gasteiger partial charge in [-0.25, -0.2) is 0 Å². The van der Waals surface area contributed by atoms with E-state index in [1.54, 1.807) is 6.26 Å². The fourth-order valence-corrected chi connectivity index (χ4v) is 4.64. The van der Waals surface area contributed by atoms with Crippen LogP contribution >= 0.6 is 0 Å². The van der Waals surface area contributed by atoms with Gasteiger partial charge in [0, 0.05) is 26.2 Å². The van der Waals surface area contributed by atoms with Gasteiger partial charge in [0.25, 0.3) is 5.91 Å². The van der Waals surface area contributed by atoms with Crippen LogP contribution in [0.1, 0.15) is 44.8 Å². The van der Waals surface area contributed by atoms with Crippen molar-refractivity contribution in [2.45, 2.75) is 57.3 Å². The van der Waals surface area contributed by atoms with Crippen molar-refractivity contribution in [3.8, 4) is 0 Å². The highest BCUT2D eigenvalue weighted by Crippen LogP contribution is 2.43. The summed E-state index contributed by atoms with van der Waals surface area (Å²) in [6, 6.07) is 3.98. The van der Waals surface area contributed by atoms with Gasteiger partial charge in [0.15, 0.2) is 0 Å². The highest BCUT2D eigenvalue weighted by molar-refractivity contribution is 5.81. The monoisotopic (exact) mass is 332 g/mol. The van der Waals surface area contributed by atoms with E-state index < -0.39 is 0 Å². The molecule has 0 aliphatic carbocycles. The Balaban J connectivity index is 1.35. The molecule has 24 heavy (non-hydrogen) atoms. The van der Waals surface area contributed by atoms with E-state index in [-0.39, 0.29) is 17.6 Å². The number of amides is 1. The largest absolute Gasteiger partial charge is 0.468 e. The first-order valence-electron chi connectivity index (χ1n) is 9.38. The Bertz CT molecular complexity index is 567. The maximum Gasteiger partial charge on any atom is 0.251 e. The number of rotatable bonds is 3. The number of hydrogen-bond acceptors (Lipinski definition) is 4. The Morgan fingerprint density at radius 2 is 2.12 bits per heavy atom. The third-order valence-electron chi connectivity index (χ3n) is 6.14. The average molecular weight is 332 g/mol. The van der Waals surface area contributed by atoms with Gasteiger partial charge in [0.05, 0.1) is 18.4 Å². The minimum atomic E-state index is -0.206. The number of ether oxygens (including phenoxy) is 1. The summed E-state index contributed by atoms with van der Waals surface area (Å²) in [7, 11) is 0. The van der Waals surface area contributed by atoms with Crippen molar-refractivity contribution in [3.05, 3.63) is 24.2 Å². The lowest BCUT2D eigenvalue weighted by Crippen LogP contribution is -2.51. The minimum absolute atomic E-state index is 0.0975. The van der Waals surface area contributed by atoms with Crippen molar-refractivity contribution in [1.29, 1.82) is 0 Å². The van der Waals surface area contributed by atoms with E-state index >= 15 is 0 Å². The lowest BCUT2D eigenvalue weighted by Gasteiger charge is -2.44. The van der Waals surface area contributed by atoms with E-state index in [0.29, 0.717) is 5.92 Å². The predicted molar refractivity (Wildman–Crippen MR) is 90.4 cm³/mol. The number of carbonyl (C=O) groups excluding carboxylic acids is 1. The van der Waals surface area contributed by atoms with Crippen LogP contribution in [0.15, 0.2) is 22.8 Å². The second-order valence-corrected chi connectivity index (χ2v) is 7.71. The summed E-state index contributed by atoms with van der Waals surface area (Å²) < 4.78 is 11.9. The molecule has 1 aromatic heterocycles. The molecule has 132 valence electrons. The number of piperidine rings is 1. The molecule has 0 aromatic carbocycles. The molecular weight excluding hydrogens is 304 g/mol. The average Bonchev–Trinajstić information content (AvgIpc) is 3.32. The summed E-state index contributed by atoms with van der Waals surface area (Å²) >= 11 is 0. The molecule has 5 heteroatoms. The van der Waals surface area contributed by atoms with Crippen LogP contribution in [-0.4, -0.2) is 53.6 Å². The van der Waals surface area contributed by atoms with E-state index in [1.807, 2.05) is 17.0 Å². The third kappa shape index (κ3) is 3.00. The van der Waals surface area contributed by atoms with Crippen molar-refractivity contribution in [2.75, 3.05) is 26.2 Å². The zero-order valence-corrected chi connectivity index (χ0v) is 14.6. The molecule has 0 saturated carbocycles. The number of nitrogens with zero attached hydrogens (tertiary/aromatic N) is 2. The van der Waals surface area contributed by atoms with Crippen molar-refractivity contribution >= 4 is 5.91 Å². The maximum absolute atomic E-state index is 12.6. The van der Waals surface area contributed by atoms with Gasteiger partial charge in [0.2, 0.25) is 0 Å². The summed E-state index contributed by atoms with van der Waals surface area (Å²) in [6.45, 7) is 6.98. The van der Waals surface area contributed by atoms with Crippen LogP contribution in [0.2, 0.25) is 0 Å². The predicted octanol–water partition coefficient (Wildman–Crippen LogP) is 2.66. The zero-order chi connectivity index (χ0) is 16.6. The summed E-state index contributed by atoms with van der Waals surface area (Å²) in [6.07, 6.45) is 6.73. The van der Waals surface area contributed by atoms with Crippen molar-refractivity contribution in [1.82, 2.24) is 9.80 Å². The molecule has 1 aromatic rings. The Morgan fingerprint density at radius 3 is 2.83 bits per heavy atom. The maximum atomic E-state index is 12.6. The van der Waals surface area contributed by atoms with Crippen LogP contribution in [-0.2, 0) is 16.1 Å². The number of carbonyl (C=O) groups is 1. The van der Waals surface area contributed by atoms with Crippen LogP contribution in [0.25, 0.3) is 0 Å². The molecule has 3 atom stereocenters. The highest BCUT2D eigenvalue weighted by Gasteiger charge is 2.49. The van der Waals surface area contributed by atoms with E-state index in [1.165, 1.54) is 0 Å². The number of furan rings is 1. The summed E-state index contributed by atoms with van der Waals surface area (Å²) in [5.74, 6) is 1.69. The Hall–Kier alpha value is -1.33. The standard InChI is InChI=1S/C19H28N2O3/c1-15-13-20(14-16-5-4-12-23-16)11-8-19(15)7-6-17(24-19)18(22)21-9-2-3-10-21/h4-5,12,15,17H,2-3,6-11,13-14H2,1H3/t15-,17+,19+/m0/s1. The Labute approximate surface area is 143 Å². The molecule has 0 bridgehead atoms. The fourth-order valence-electron chi connectivity index (χ4n) is 4.64. The van der Waals surface area contributed by atoms with Crippen LogP contribution in [0.4, 0.5) is 0 Å². The van der Waals surface area contributed by atoms with E-state index in [2.05, 4.69) is 11.8 Å². The highest BCUT2D eigenvalue weighted by atomic mass is 16.5. The number of hydrogen-bond donors (Lipinski definition) is 0. The molecule has 3 saturated heterocycles. The summed E-state index contributed by atoms with van der Waals surface area (Å²) in [4.78, 5) is 17.1. The van der Waals surface area contributed by atoms with Crippen molar-refractivity contribution in [3.63, 3.8) is 0 Å². The lowest BCUT2D eigenvalue weighted by molar-refractivity contribution is -0.156. The molecular formula is C19H28N2O3. The van der Waals surface area contributed by atoms with Crippen LogP contribution in [0, 0.1) is 5.92 Å². The lowest BCUT2D eigenvalue weighted by atomic mass is 9.80. The van der Waals surface area contributed by atoms with E-state index in [9.17, 15) is 4.79 Å². The molecule has 1 spiro atoms. The Kier molecular flexibility index (Phi) is 4.39. The van der Waals surface area contributed by atoms with E-state index in [0.717, 1.165) is 70.6 Å². The van der Waals surface area contributed by atoms with Crippen LogP contribution < -0.4 is 0 Å². The smallest absolute Gasteiger partial charge is 0.251 e. The van der Waals surface area contributed by atoms with Gasteiger partial charge in [-0.3, -0.25) is 9.69 Å². The second kappa shape index (κ2) is 6.52. The first kappa shape index (κ1) is 16.2. The van der Waals surface area contributed by atoms with Gasteiger partial charge in [-0.1, -0.05) is 6.92 Å². The SMILES string of the molecule is C[C@H]1CN(Cc2ccco2)CC[C@]12CC[C@H](C(=O)N1CCCC1)O2. The molecule has 3 aliphatic rings. The van der Waals surface area contributed by atoms with E-state index in [4.69, 9.17) is 9.15 Å². The Morgan fingerprint density at radius 1 is 1.29 bits per heavy atom. The molecule has 3 fully saturated rings. The van der Waals surface area contributed by atoms with Crippen molar-refractivity contribution in [2.24, 2.45) is 5.92 Å². The van der Waals surface area contributed by atoms with Gasteiger partial charge in [-0.15, -0.1) is 0 Å². The molecule has 4 heterocycles. The van der Waals surface area contributed by atoms with Gasteiger partial charge < -0.3 is 14.1 Å². The van der Waals surface area contributed by atoms with Gasteiger partial charge in [-0.2, -0.15) is 0 Å². The molecule has 3 aliphatic heterocycles. The van der Waals surface area contributed by atoms with Crippen LogP contribution in [0.5, 0.6) is 0 Å². The van der Waals surface area contributed by atoms with Crippen molar-refractivity contribution < 1.29 is 13.9 Å². The fraction of sp³-hybridized carbons (Fsp3) is 0.737. The third-order valence-corrected chi connectivity index (χ3v) is 6.14. The first-order valence-corrected chi connectivity index (χ1v) is 9.38. The van der Waals surface area contributed by atoms with Gasteiger partial charge in [0.1, 0.15) is 11.9 Å². The zero-order valence-electron chi connectivity index (χ0n) is 14.6. The topological polar surface area (TPSA) is 45.9 Å².